The maximum Gasteiger partial charge on any atom is 0.0594 e. The van der Waals surface area contributed by atoms with E-state index in [1.165, 1.54) is 22.3 Å². The zero-order valence-electron chi connectivity index (χ0n) is 10.4. The molecule has 1 nitrogen and oxygen atoms in total. The third-order valence-corrected chi connectivity index (χ3v) is 3.92. The molecular weight excluding hydrogens is 242 g/mol. The molecule has 0 aromatic heterocycles. The van der Waals surface area contributed by atoms with E-state index < -0.39 is 0 Å². The normalized spacial score (nSPS) is 18.4. The van der Waals surface area contributed by atoms with Gasteiger partial charge in [0.25, 0.3) is 0 Å². The van der Waals surface area contributed by atoms with E-state index in [0.29, 0.717) is 0 Å². The molecule has 0 radical (unpaired) electrons. The van der Waals surface area contributed by atoms with Gasteiger partial charge in [-0.3, -0.25) is 0 Å². The third-order valence-electron chi connectivity index (χ3n) is 3.57. The summed E-state index contributed by atoms with van der Waals surface area (Å²) < 4.78 is 0. The Morgan fingerprint density at radius 1 is 1.11 bits per heavy atom. The molecule has 1 aliphatic heterocycles. The zero-order valence-corrected chi connectivity index (χ0v) is 11.2. The lowest BCUT2D eigenvalue weighted by Crippen LogP contribution is -2.30. The number of halogens is 1. The Morgan fingerprint density at radius 2 is 1.94 bits per heavy atom. The highest BCUT2D eigenvalue weighted by molar-refractivity contribution is 6.31. The maximum absolute atomic E-state index is 6.32. The number of fused-ring (bicyclic) bond motifs is 1. The molecule has 1 atom stereocenters. The molecule has 2 aromatic carbocycles. The first-order chi connectivity index (χ1) is 8.75. The van der Waals surface area contributed by atoms with E-state index in [4.69, 9.17) is 11.6 Å². The molecule has 1 unspecified atom stereocenters. The van der Waals surface area contributed by atoms with Crippen molar-refractivity contribution < 1.29 is 0 Å². The van der Waals surface area contributed by atoms with Crippen LogP contribution in [0.15, 0.2) is 42.5 Å². The van der Waals surface area contributed by atoms with Gasteiger partial charge in [0.2, 0.25) is 0 Å². The van der Waals surface area contributed by atoms with Crippen molar-refractivity contribution in [2.45, 2.75) is 19.4 Å². The van der Waals surface area contributed by atoms with Gasteiger partial charge in [0.05, 0.1) is 6.04 Å². The molecule has 2 heteroatoms. The van der Waals surface area contributed by atoms with Crippen LogP contribution in [0, 0.1) is 6.92 Å². The average Bonchev–Trinajstić information content (AvgIpc) is 2.39. The maximum atomic E-state index is 6.32. The van der Waals surface area contributed by atoms with Crippen LogP contribution in [-0.2, 0) is 6.42 Å². The van der Waals surface area contributed by atoms with Gasteiger partial charge >= 0.3 is 0 Å². The lowest BCUT2D eigenvalue weighted by atomic mass is 9.89. The molecule has 0 saturated heterocycles. The SMILES string of the molecule is Cc1ccc2c(c1)C(c1ccccc1Cl)NCC2. The average molecular weight is 258 g/mol. The third kappa shape index (κ3) is 2.05. The van der Waals surface area contributed by atoms with Crippen LogP contribution in [0.2, 0.25) is 5.02 Å². The summed E-state index contributed by atoms with van der Waals surface area (Å²) in [5.41, 5.74) is 5.28. The van der Waals surface area contributed by atoms with Crippen LogP contribution in [0.3, 0.4) is 0 Å². The molecule has 1 N–H and O–H groups in total. The molecule has 1 heterocycles. The Labute approximate surface area is 113 Å². The summed E-state index contributed by atoms with van der Waals surface area (Å²) in [7, 11) is 0. The van der Waals surface area contributed by atoms with Gasteiger partial charge in [0, 0.05) is 11.6 Å². The van der Waals surface area contributed by atoms with Gasteiger partial charge in [0.1, 0.15) is 0 Å². The van der Waals surface area contributed by atoms with E-state index in [1.807, 2.05) is 18.2 Å². The Balaban J connectivity index is 2.11. The van der Waals surface area contributed by atoms with E-state index >= 15 is 0 Å². The largest absolute Gasteiger partial charge is 0.306 e. The first kappa shape index (κ1) is 11.8. The molecule has 3 rings (SSSR count). The number of hydrogen-bond donors (Lipinski definition) is 1. The van der Waals surface area contributed by atoms with Crippen molar-refractivity contribution in [3.8, 4) is 0 Å². The number of rotatable bonds is 1. The summed E-state index contributed by atoms with van der Waals surface area (Å²) in [6, 6.07) is 15.0. The lowest BCUT2D eigenvalue weighted by Gasteiger charge is -2.28. The molecule has 1 aliphatic rings. The fourth-order valence-electron chi connectivity index (χ4n) is 2.66. The Morgan fingerprint density at radius 3 is 2.78 bits per heavy atom. The van der Waals surface area contributed by atoms with Crippen molar-refractivity contribution in [3.63, 3.8) is 0 Å². The highest BCUT2D eigenvalue weighted by atomic mass is 35.5. The summed E-state index contributed by atoms with van der Waals surface area (Å²) in [6.07, 6.45) is 1.09. The van der Waals surface area contributed by atoms with E-state index in [0.717, 1.165) is 18.0 Å². The molecule has 0 aliphatic carbocycles. The molecule has 0 fully saturated rings. The van der Waals surface area contributed by atoms with Crippen molar-refractivity contribution in [3.05, 3.63) is 69.7 Å². The second kappa shape index (κ2) is 4.75. The Kier molecular flexibility index (Phi) is 3.11. The summed E-state index contributed by atoms with van der Waals surface area (Å²) >= 11 is 6.32. The Bertz CT molecular complexity index is 577. The highest BCUT2D eigenvalue weighted by Crippen LogP contribution is 2.32. The predicted molar refractivity (Wildman–Crippen MR) is 76.2 cm³/mol. The molecule has 18 heavy (non-hydrogen) atoms. The summed E-state index contributed by atoms with van der Waals surface area (Å²) in [6.45, 7) is 3.14. The van der Waals surface area contributed by atoms with Crippen molar-refractivity contribution in [1.82, 2.24) is 5.32 Å². The topological polar surface area (TPSA) is 12.0 Å². The minimum Gasteiger partial charge on any atom is -0.306 e. The fraction of sp³-hybridized carbons (Fsp3) is 0.250. The minimum absolute atomic E-state index is 0.224. The van der Waals surface area contributed by atoms with Gasteiger partial charge in [-0.2, -0.15) is 0 Å². The minimum atomic E-state index is 0.224. The van der Waals surface area contributed by atoms with E-state index in [9.17, 15) is 0 Å². The smallest absolute Gasteiger partial charge is 0.0594 e. The second-order valence-electron chi connectivity index (χ2n) is 4.86. The van der Waals surface area contributed by atoms with Crippen molar-refractivity contribution >= 4 is 11.6 Å². The summed E-state index contributed by atoms with van der Waals surface area (Å²) in [5.74, 6) is 0. The molecular formula is C16H16ClN. The van der Waals surface area contributed by atoms with E-state index in [2.05, 4.69) is 36.5 Å². The van der Waals surface area contributed by atoms with Crippen LogP contribution < -0.4 is 5.32 Å². The lowest BCUT2D eigenvalue weighted by molar-refractivity contribution is 0.567. The quantitative estimate of drug-likeness (QED) is 0.818. The number of hydrogen-bond acceptors (Lipinski definition) is 1. The van der Waals surface area contributed by atoms with Crippen molar-refractivity contribution in [2.75, 3.05) is 6.54 Å². The van der Waals surface area contributed by atoms with Crippen LogP contribution in [0.25, 0.3) is 0 Å². The standard InChI is InChI=1S/C16H16ClN/c1-11-6-7-12-8-9-18-16(14(12)10-11)13-4-2-3-5-15(13)17/h2-7,10,16,18H,8-9H2,1H3. The van der Waals surface area contributed by atoms with Gasteiger partial charge < -0.3 is 5.32 Å². The zero-order chi connectivity index (χ0) is 12.5. The molecule has 2 aromatic rings. The molecule has 0 saturated carbocycles. The van der Waals surface area contributed by atoms with Crippen molar-refractivity contribution in [2.24, 2.45) is 0 Å². The molecule has 0 spiro atoms. The number of aryl methyl sites for hydroxylation is 1. The van der Waals surface area contributed by atoms with Crippen LogP contribution in [-0.4, -0.2) is 6.54 Å². The van der Waals surface area contributed by atoms with Crippen LogP contribution in [0.5, 0.6) is 0 Å². The number of benzene rings is 2. The predicted octanol–water partition coefficient (Wildman–Crippen LogP) is 3.88. The van der Waals surface area contributed by atoms with Gasteiger partial charge in [-0.05, 0) is 36.1 Å². The van der Waals surface area contributed by atoms with E-state index in [1.54, 1.807) is 0 Å². The van der Waals surface area contributed by atoms with Gasteiger partial charge in [-0.1, -0.05) is 53.6 Å². The number of nitrogens with one attached hydrogen (secondary N) is 1. The first-order valence-corrected chi connectivity index (χ1v) is 6.71. The van der Waals surface area contributed by atoms with Crippen molar-refractivity contribution in [1.29, 1.82) is 0 Å². The first-order valence-electron chi connectivity index (χ1n) is 6.33. The molecule has 0 amide bonds. The van der Waals surface area contributed by atoms with Crippen LogP contribution >= 0.6 is 11.6 Å². The summed E-state index contributed by atoms with van der Waals surface area (Å²) in [4.78, 5) is 0. The summed E-state index contributed by atoms with van der Waals surface area (Å²) in [5, 5.41) is 4.41. The monoisotopic (exact) mass is 257 g/mol. The highest BCUT2D eigenvalue weighted by Gasteiger charge is 2.22. The molecule has 0 bridgehead atoms. The van der Waals surface area contributed by atoms with Gasteiger partial charge in [0.15, 0.2) is 0 Å². The molecule has 92 valence electrons. The van der Waals surface area contributed by atoms with Gasteiger partial charge in [-0.15, -0.1) is 0 Å². The van der Waals surface area contributed by atoms with Crippen LogP contribution in [0.4, 0.5) is 0 Å². The Hall–Kier alpha value is -1.31. The second-order valence-corrected chi connectivity index (χ2v) is 5.27. The fourth-order valence-corrected chi connectivity index (χ4v) is 2.90. The van der Waals surface area contributed by atoms with Gasteiger partial charge in [-0.25, -0.2) is 0 Å². The van der Waals surface area contributed by atoms with E-state index in [-0.39, 0.29) is 6.04 Å². The van der Waals surface area contributed by atoms with Crippen LogP contribution in [0.1, 0.15) is 28.3 Å².